The first-order valence-electron chi connectivity index (χ1n) is 13.4. The number of anilines is 2. The highest BCUT2D eigenvalue weighted by Crippen LogP contribution is 2.39. The van der Waals surface area contributed by atoms with Gasteiger partial charge in [0.05, 0.1) is 4.90 Å². The molecule has 2 saturated heterocycles. The second-order valence-electron chi connectivity index (χ2n) is 11.3. The van der Waals surface area contributed by atoms with Crippen LogP contribution in [0, 0.1) is 5.92 Å². The molecule has 2 aliphatic heterocycles. The summed E-state index contributed by atoms with van der Waals surface area (Å²) < 4.78 is 27.7. The number of hydrogen-bond acceptors (Lipinski definition) is 8. The molecular formula is C29H36N6O3S. The fourth-order valence-electron chi connectivity index (χ4n) is 5.96. The van der Waals surface area contributed by atoms with E-state index in [0.29, 0.717) is 24.1 Å². The van der Waals surface area contributed by atoms with Gasteiger partial charge in [0.1, 0.15) is 17.2 Å². The molecule has 4 heterocycles. The second kappa shape index (κ2) is 10.6. The zero-order valence-corrected chi connectivity index (χ0v) is 23.5. The van der Waals surface area contributed by atoms with Gasteiger partial charge in [-0.05, 0) is 56.4 Å². The van der Waals surface area contributed by atoms with Gasteiger partial charge in [0, 0.05) is 44.0 Å². The van der Waals surface area contributed by atoms with Crippen LogP contribution in [0.3, 0.4) is 0 Å². The van der Waals surface area contributed by atoms with E-state index in [0.717, 1.165) is 32.5 Å². The van der Waals surface area contributed by atoms with Crippen molar-refractivity contribution in [3.05, 3.63) is 71.9 Å². The smallest absolute Gasteiger partial charge is 0.253 e. The van der Waals surface area contributed by atoms with E-state index in [2.05, 4.69) is 53.1 Å². The van der Waals surface area contributed by atoms with Crippen LogP contribution in [0.5, 0.6) is 0 Å². The predicted molar refractivity (Wildman–Crippen MR) is 151 cm³/mol. The van der Waals surface area contributed by atoms with E-state index >= 15 is 0 Å². The Kier molecular flexibility index (Phi) is 7.35. The summed E-state index contributed by atoms with van der Waals surface area (Å²) in [5.74, 6) is 0.320. The Balaban J connectivity index is 1.39. The molecule has 0 spiro atoms. The summed E-state index contributed by atoms with van der Waals surface area (Å²) in [6, 6.07) is 16.7. The lowest BCUT2D eigenvalue weighted by molar-refractivity contribution is 0.0997. The molecule has 3 N–H and O–H groups in total. The van der Waals surface area contributed by atoms with Crippen LogP contribution in [-0.4, -0.2) is 60.4 Å². The minimum absolute atomic E-state index is 0.0906. The number of amides is 1. The summed E-state index contributed by atoms with van der Waals surface area (Å²) in [6.45, 7) is 9.54. The molecule has 39 heavy (non-hydrogen) atoms. The summed E-state index contributed by atoms with van der Waals surface area (Å²) in [4.78, 5) is 25.8. The fraction of sp³-hybridized carbons (Fsp3) is 0.414. The van der Waals surface area contributed by atoms with Crippen LogP contribution in [0.1, 0.15) is 49.5 Å². The summed E-state index contributed by atoms with van der Waals surface area (Å²) in [7, 11) is -4.15. The van der Waals surface area contributed by atoms with E-state index in [1.54, 1.807) is 12.1 Å². The van der Waals surface area contributed by atoms with Crippen LogP contribution >= 0.6 is 0 Å². The lowest BCUT2D eigenvalue weighted by Gasteiger charge is -2.33. The first kappa shape index (κ1) is 27.1. The number of carbonyl (C=O) groups is 1. The first-order chi connectivity index (χ1) is 18.5. The average Bonchev–Trinajstić information content (AvgIpc) is 3.45. The summed E-state index contributed by atoms with van der Waals surface area (Å²) in [6.07, 6.45) is 3.24. The summed E-state index contributed by atoms with van der Waals surface area (Å²) in [5, 5.41) is 3.26. The van der Waals surface area contributed by atoms with Crippen molar-refractivity contribution in [2.24, 2.45) is 11.7 Å². The number of primary amides is 1. The van der Waals surface area contributed by atoms with Crippen LogP contribution in [-0.2, 0) is 16.4 Å². The summed E-state index contributed by atoms with van der Waals surface area (Å²) in [5.41, 5.74) is 6.66. The number of aromatic nitrogens is 2. The molecule has 2 fully saturated rings. The third kappa shape index (κ3) is 5.62. The number of nitrogens with one attached hydrogen (secondary N) is 1. The number of nitrogens with two attached hydrogens (primary N) is 1. The van der Waals surface area contributed by atoms with Crippen molar-refractivity contribution < 1.29 is 13.2 Å². The lowest BCUT2D eigenvalue weighted by atomic mass is 9.97. The molecule has 1 amide bonds. The Labute approximate surface area is 230 Å². The number of benzene rings is 1. The lowest BCUT2D eigenvalue weighted by Crippen LogP contribution is -2.40. The van der Waals surface area contributed by atoms with Gasteiger partial charge in [-0.2, -0.15) is 0 Å². The Morgan fingerprint density at radius 2 is 1.87 bits per heavy atom. The SMILES string of the molecule is CC1CN(c2nccc(S(=O)(=O)c3cccc(NC4CCN(Cc5ccccc5)C4)n3)c2C(N)=O)C(C)(C)C1. The first-order valence-corrected chi connectivity index (χ1v) is 14.8. The van der Waals surface area contributed by atoms with Crippen molar-refractivity contribution >= 4 is 27.4 Å². The monoisotopic (exact) mass is 548 g/mol. The number of rotatable bonds is 8. The van der Waals surface area contributed by atoms with Gasteiger partial charge in [0.15, 0.2) is 5.03 Å². The molecule has 0 saturated carbocycles. The predicted octanol–water partition coefficient (Wildman–Crippen LogP) is 3.72. The van der Waals surface area contributed by atoms with Crippen LogP contribution in [0.2, 0.25) is 0 Å². The maximum absolute atomic E-state index is 13.8. The highest BCUT2D eigenvalue weighted by Gasteiger charge is 2.40. The van der Waals surface area contributed by atoms with Crippen molar-refractivity contribution in [1.29, 1.82) is 0 Å². The minimum Gasteiger partial charge on any atom is -0.366 e. The van der Waals surface area contributed by atoms with E-state index in [4.69, 9.17) is 5.73 Å². The van der Waals surface area contributed by atoms with Crippen LogP contribution in [0.4, 0.5) is 11.6 Å². The maximum atomic E-state index is 13.8. The third-order valence-corrected chi connectivity index (χ3v) is 9.33. The Bertz CT molecular complexity index is 1460. The van der Waals surface area contributed by atoms with Crippen molar-refractivity contribution in [1.82, 2.24) is 14.9 Å². The molecule has 9 nitrogen and oxygen atoms in total. The van der Waals surface area contributed by atoms with Gasteiger partial charge in [-0.15, -0.1) is 0 Å². The van der Waals surface area contributed by atoms with Gasteiger partial charge in [-0.1, -0.05) is 43.3 Å². The molecule has 0 aliphatic carbocycles. The fourth-order valence-corrected chi connectivity index (χ4v) is 7.36. The number of hydrogen-bond donors (Lipinski definition) is 2. The number of pyridine rings is 2. The molecule has 2 atom stereocenters. The molecule has 2 unspecified atom stereocenters. The van der Waals surface area contributed by atoms with Crippen LogP contribution in [0.25, 0.3) is 0 Å². The van der Waals surface area contributed by atoms with Gasteiger partial charge in [0.2, 0.25) is 9.84 Å². The Morgan fingerprint density at radius 1 is 1.10 bits per heavy atom. The molecule has 3 aromatic rings. The van der Waals surface area contributed by atoms with Crippen molar-refractivity contribution in [3.63, 3.8) is 0 Å². The van der Waals surface area contributed by atoms with E-state index in [1.165, 1.54) is 23.9 Å². The molecule has 1 aromatic carbocycles. The molecular weight excluding hydrogens is 512 g/mol. The van der Waals surface area contributed by atoms with Crippen LogP contribution < -0.4 is 16.0 Å². The third-order valence-electron chi connectivity index (χ3n) is 7.63. The number of likely N-dealkylation sites (tertiary alicyclic amines) is 1. The van der Waals surface area contributed by atoms with Gasteiger partial charge in [-0.3, -0.25) is 9.69 Å². The molecule has 0 radical (unpaired) electrons. The van der Waals surface area contributed by atoms with Crippen molar-refractivity contribution in [3.8, 4) is 0 Å². The highest BCUT2D eigenvalue weighted by atomic mass is 32.2. The van der Waals surface area contributed by atoms with E-state index in [1.807, 2.05) is 23.1 Å². The number of sulfone groups is 1. The second-order valence-corrected chi connectivity index (χ2v) is 13.2. The van der Waals surface area contributed by atoms with Gasteiger partial charge >= 0.3 is 0 Å². The minimum atomic E-state index is -4.15. The normalized spacial score (nSPS) is 21.3. The zero-order chi connectivity index (χ0) is 27.8. The molecule has 10 heteroatoms. The number of carbonyl (C=O) groups excluding carboxylic acids is 1. The Hall–Kier alpha value is -3.50. The van der Waals surface area contributed by atoms with Gasteiger partial charge in [-0.25, -0.2) is 18.4 Å². The Morgan fingerprint density at radius 3 is 2.56 bits per heavy atom. The molecule has 2 aliphatic rings. The zero-order valence-electron chi connectivity index (χ0n) is 22.7. The van der Waals surface area contributed by atoms with Crippen LogP contribution in [0.15, 0.2) is 70.7 Å². The summed E-state index contributed by atoms with van der Waals surface area (Å²) >= 11 is 0. The van der Waals surface area contributed by atoms with E-state index < -0.39 is 15.7 Å². The molecule has 2 aromatic heterocycles. The van der Waals surface area contributed by atoms with E-state index in [-0.39, 0.29) is 27.1 Å². The highest BCUT2D eigenvalue weighted by molar-refractivity contribution is 7.91. The molecule has 0 bridgehead atoms. The topological polar surface area (TPSA) is 122 Å². The maximum Gasteiger partial charge on any atom is 0.253 e. The van der Waals surface area contributed by atoms with E-state index in [9.17, 15) is 13.2 Å². The van der Waals surface area contributed by atoms with Gasteiger partial charge < -0.3 is 16.0 Å². The quantitative estimate of drug-likeness (QED) is 0.437. The van der Waals surface area contributed by atoms with Crippen molar-refractivity contribution in [2.45, 2.75) is 61.7 Å². The van der Waals surface area contributed by atoms with Crippen molar-refractivity contribution in [2.75, 3.05) is 29.9 Å². The standard InChI is InChI=1S/C29H36N6O3S/c1-20-16-29(2,3)35(17-20)28-26(27(30)36)23(12-14-31-28)39(37,38)25-11-7-10-24(33-25)32-22-13-15-34(19-22)18-21-8-5-4-6-9-21/h4-12,14,20,22H,13,15-19H2,1-3H3,(H2,30,36)(H,32,33). The largest absolute Gasteiger partial charge is 0.366 e. The number of nitrogens with zero attached hydrogens (tertiary/aromatic N) is 4. The van der Waals surface area contributed by atoms with Gasteiger partial charge in [0.25, 0.3) is 5.91 Å². The molecule has 5 rings (SSSR count). The average molecular weight is 549 g/mol. The molecule has 206 valence electrons.